The first kappa shape index (κ1) is 15.1. The highest BCUT2D eigenvalue weighted by atomic mass is 32.1. The molecule has 2 aromatic rings. The molecule has 2 fully saturated rings. The average molecular weight is 335 g/mol. The van der Waals surface area contributed by atoms with Crippen molar-refractivity contribution in [2.45, 2.75) is 38.4 Å². The molecule has 0 aliphatic carbocycles. The van der Waals surface area contributed by atoms with E-state index in [0.29, 0.717) is 19.6 Å². The SMILES string of the molecule is Cc1cn2c(CCC(=O)N3CCC4(CC3)OCCO4)csc2n1. The number of likely N-dealkylation sites (tertiary alicyclic amines) is 1. The van der Waals surface area contributed by atoms with E-state index in [1.165, 1.54) is 0 Å². The summed E-state index contributed by atoms with van der Waals surface area (Å²) in [7, 11) is 0. The van der Waals surface area contributed by atoms with Gasteiger partial charge in [0.25, 0.3) is 0 Å². The lowest BCUT2D eigenvalue weighted by molar-refractivity contribution is -0.187. The van der Waals surface area contributed by atoms with E-state index < -0.39 is 5.79 Å². The first-order valence-electron chi connectivity index (χ1n) is 8.13. The minimum atomic E-state index is -0.412. The van der Waals surface area contributed by atoms with Crippen LogP contribution in [0.1, 0.15) is 30.7 Å². The quantitative estimate of drug-likeness (QED) is 0.861. The maximum Gasteiger partial charge on any atom is 0.222 e. The smallest absolute Gasteiger partial charge is 0.222 e. The Labute approximate surface area is 139 Å². The fraction of sp³-hybridized carbons (Fsp3) is 0.625. The van der Waals surface area contributed by atoms with Crippen LogP contribution in [0.15, 0.2) is 11.6 Å². The standard InChI is InChI=1S/C16H21N3O3S/c1-12-10-19-13(11-23-15(19)17-12)2-3-14(20)18-6-4-16(5-7-18)21-8-9-22-16/h10-11H,2-9H2,1H3. The van der Waals surface area contributed by atoms with Crippen LogP contribution in [0.5, 0.6) is 0 Å². The van der Waals surface area contributed by atoms with Gasteiger partial charge >= 0.3 is 0 Å². The predicted molar refractivity (Wildman–Crippen MR) is 86.6 cm³/mol. The van der Waals surface area contributed by atoms with Crippen molar-refractivity contribution >= 4 is 22.2 Å². The Morgan fingerprint density at radius 1 is 1.35 bits per heavy atom. The van der Waals surface area contributed by atoms with E-state index >= 15 is 0 Å². The van der Waals surface area contributed by atoms with E-state index in [1.54, 1.807) is 11.3 Å². The lowest BCUT2D eigenvalue weighted by Crippen LogP contribution is -2.47. The van der Waals surface area contributed by atoms with Gasteiger partial charge < -0.3 is 14.4 Å². The number of thiazole rings is 1. The Morgan fingerprint density at radius 2 is 2.09 bits per heavy atom. The third-order valence-electron chi connectivity index (χ3n) is 4.69. The highest BCUT2D eigenvalue weighted by Crippen LogP contribution is 2.31. The van der Waals surface area contributed by atoms with Gasteiger partial charge in [0.1, 0.15) is 0 Å². The van der Waals surface area contributed by atoms with Crippen LogP contribution < -0.4 is 0 Å². The van der Waals surface area contributed by atoms with Crippen LogP contribution in [0.25, 0.3) is 4.96 Å². The molecule has 124 valence electrons. The molecule has 23 heavy (non-hydrogen) atoms. The van der Waals surface area contributed by atoms with Crippen LogP contribution in [0.3, 0.4) is 0 Å². The van der Waals surface area contributed by atoms with Crippen molar-refractivity contribution < 1.29 is 14.3 Å². The lowest BCUT2D eigenvalue weighted by Gasteiger charge is -2.37. The van der Waals surface area contributed by atoms with Crippen molar-refractivity contribution in [3.63, 3.8) is 0 Å². The Kier molecular flexibility index (Phi) is 3.87. The molecule has 1 spiro atoms. The number of fused-ring (bicyclic) bond motifs is 1. The van der Waals surface area contributed by atoms with E-state index in [1.807, 2.05) is 18.0 Å². The molecule has 6 nitrogen and oxygen atoms in total. The molecule has 2 aromatic heterocycles. The van der Waals surface area contributed by atoms with Crippen LogP contribution >= 0.6 is 11.3 Å². The van der Waals surface area contributed by atoms with E-state index in [4.69, 9.17) is 9.47 Å². The maximum atomic E-state index is 12.5. The third-order valence-corrected chi connectivity index (χ3v) is 5.58. The van der Waals surface area contributed by atoms with Gasteiger partial charge in [-0.15, -0.1) is 11.3 Å². The van der Waals surface area contributed by atoms with Gasteiger partial charge in [0.15, 0.2) is 10.7 Å². The zero-order valence-electron chi connectivity index (χ0n) is 13.3. The Bertz CT molecular complexity index is 707. The van der Waals surface area contributed by atoms with Gasteiger partial charge in [-0.2, -0.15) is 0 Å². The van der Waals surface area contributed by atoms with E-state index in [2.05, 4.69) is 14.8 Å². The zero-order valence-corrected chi connectivity index (χ0v) is 14.1. The summed E-state index contributed by atoms with van der Waals surface area (Å²) in [6.45, 7) is 4.79. The maximum absolute atomic E-state index is 12.5. The fourth-order valence-corrected chi connectivity index (χ4v) is 4.35. The van der Waals surface area contributed by atoms with Gasteiger partial charge in [0.05, 0.1) is 18.9 Å². The first-order chi connectivity index (χ1) is 11.2. The Balaban J connectivity index is 1.33. The molecule has 1 amide bonds. The topological polar surface area (TPSA) is 56.1 Å². The Morgan fingerprint density at radius 3 is 2.83 bits per heavy atom. The van der Waals surface area contributed by atoms with Crippen LogP contribution in [-0.2, 0) is 20.7 Å². The van der Waals surface area contributed by atoms with Crippen molar-refractivity contribution in [3.05, 3.63) is 23.0 Å². The van der Waals surface area contributed by atoms with Crippen molar-refractivity contribution in [2.75, 3.05) is 26.3 Å². The second kappa shape index (κ2) is 5.89. The number of ether oxygens (including phenoxy) is 2. The van der Waals surface area contributed by atoms with Crippen LogP contribution in [0.4, 0.5) is 0 Å². The Hall–Kier alpha value is -1.44. The molecule has 2 aliphatic heterocycles. The van der Waals surface area contributed by atoms with E-state index in [0.717, 1.165) is 48.7 Å². The molecular weight excluding hydrogens is 314 g/mol. The molecule has 0 bridgehead atoms. The largest absolute Gasteiger partial charge is 0.347 e. The number of nitrogens with zero attached hydrogens (tertiary/aromatic N) is 3. The molecule has 0 unspecified atom stereocenters. The second-order valence-electron chi connectivity index (χ2n) is 6.25. The van der Waals surface area contributed by atoms with Crippen molar-refractivity contribution in [1.82, 2.24) is 14.3 Å². The number of aromatic nitrogens is 2. The number of aryl methyl sites for hydroxylation is 2. The number of carbonyl (C=O) groups is 1. The monoisotopic (exact) mass is 335 g/mol. The summed E-state index contributed by atoms with van der Waals surface area (Å²) in [6.07, 6.45) is 4.89. The van der Waals surface area contributed by atoms with Gasteiger partial charge in [-0.1, -0.05) is 0 Å². The molecule has 0 aromatic carbocycles. The molecule has 2 saturated heterocycles. The van der Waals surface area contributed by atoms with Crippen LogP contribution in [-0.4, -0.2) is 52.3 Å². The van der Waals surface area contributed by atoms with Crippen molar-refractivity contribution in [2.24, 2.45) is 0 Å². The molecule has 0 atom stereocenters. The number of rotatable bonds is 3. The normalized spacial score (nSPS) is 20.7. The number of carbonyl (C=O) groups excluding carboxylic acids is 1. The summed E-state index contributed by atoms with van der Waals surface area (Å²) < 4.78 is 13.5. The highest BCUT2D eigenvalue weighted by molar-refractivity contribution is 7.15. The molecule has 4 rings (SSSR count). The highest BCUT2D eigenvalue weighted by Gasteiger charge is 2.40. The summed E-state index contributed by atoms with van der Waals surface area (Å²) in [6, 6.07) is 0. The van der Waals surface area contributed by atoms with Crippen LogP contribution in [0.2, 0.25) is 0 Å². The van der Waals surface area contributed by atoms with Crippen molar-refractivity contribution in [1.29, 1.82) is 0 Å². The van der Waals surface area contributed by atoms with Gasteiger partial charge in [0, 0.05) is 49.6 Å². The van der Waals surface area contributed by atoms with Crippen LogP contribution in [0, 0.1) is 6.92 Å². The minimum absolute atomic E-state index is 0.217. The molecule has 0 radical (unpaired) electrons. The van der Waals surface area contributed by atoms with E-state index in [-0.39, 0.29) is 5.91 Å². The number of amides is 1. The first-order valence-corrected chi connectivity index (χ1v) is 9.01. The number of piperidine rings is 1. The number of hydrogen-bond acceptors (Lipinski definition) is 5. The lowest BCUT2D eigenvalue weighted by atomic mass is 10.0. The third kappa shape index (κ3) is 2.88. The van der Waals surface area contributed by atoms with Gasteiger partial charge in [-0.3, -0.25) is 9.20 Å². The van der Waals surface area contributed by atoms with Gasteiger partial charge in [0.2, 0.25) is 5.91 Å². The summed E-state index contributed by atoms with van der Waals surface area (Å²) in [5, 5.41) is 2.10. The molecule has 7 heteroatoms. The average Bonchev–Trinajstić information content (AvgIpc) is 3.23. The molecule has 0 N–H and O–H groups in total. The zero-order chi connectivity index (χ0) is 15.9. The minimum Gasteiger partial charge on any atom is -0.347 e. The molecule has 2 aliphatic rings. The van der Waals surface area contributed by atoms with Gasteiger partial charge in [-0.25, -0.2) is 4.98 Å². The second-order valence-corrected chi connectivity index (χ2v) is 7.09. The molecular formula is C16H21N3O3S. The molecule has 4 heterocycles. The summed E-state index contributed by atoms with van der Waals surface area (Å²) in [5.41, 5.74) is 2.18. The number of imidazole rings is 1. The van der Waals surface area contributed by atoms with E-state index in [9.17, 15) is 4.79 Å². The summed E-state index contributed by atoms with van der Waals surface area (Å²) in [4.78, 5) is 19.9. The summed E-state index contributed by atoms with van der Waals surface area (Å²) in [5.74, 6) is -0.195. The predicted octanol–water partition coefficient (Wildman–Crippen LogP) is 2.00. The van der Waals surface area contributed by atoms with Gasteiger partial charge in [-0.05, 0) is 13.3 Å². The number of hydrogen-bond donors (Lipinski definition) is 0. The molecule has 0 saturated carbocycles. The summed E-state index contributed by atoms with van der Waals surface area (Å²) >= 11 is 1.63. The fourth-order valence-electron chi connectivity index (χ4n) is 3.40. The van der Waals surface area contributed by atoms with Crippen molar-refractivity contribution in [3.8, 4) is 0 Å².